The second-order valence-corrected chi connectivity index (χ2v) is 13.9. The topological polar surface area (TPSA) is 3.24 Å². The molecule has 210 valence electrons. The molecule has 0 N–H and O–H groups in total. The van der Waals surface area contributed by atoms with Gasteiger partial charge in [-0.3, -0.25) is 0 Å². The minimum atomic E-state index is 1.16. The Morgan fingerprint density at radius 2 is 0.911 bits per heavy atom. The van der Waals surface area contributed by atoms with E-state index in [-0.39, 0.29) is 0 Å². The lowest BCUT2D eigenvalue weighted by Crippen LogP contribution is -2.10. The zero-order valence-electron chi connectivity index (χ0n) is 24.2. The van der Waals surface area contributed by atoms with Crippen molar-refractivity contribution in [3.63, 3.8) is 0 Å². The van der Waals surface area contributed by atoms with Crippen LogP contribution in [-0.4, -0.2) is 0 Å². The van der Waals surface area contributed by atoms with Crippen molar-refractivity contribution in [2.24, 2.45) is 0 Å². The van der Waals surface area contributed by atoms with Crippen LogP contribution in [0.5, 0.6) is 0 Å². The van der Waals surface area contributed by atoms with Crippen LogP contribution in [-0.2, 0) is 0 Å². The number of nitrogens with zero attached hydrogens (tertiary/aromatic N) is 1. The maximum absolute atomic E-state index is 2.48. The average Bonchev–Trinajstić information content (AvgIpc) is 3.66. The third kappa shape index (κ3) is 3.78. The number of hydrogen-bond acceptors (Lipinski definition) is 3. The second-order valence-electron chi connectivity index (χ2n) is 11.7. The quantitative estimate of drug-likeness (QED) is 0.181. The molecule has 2 aromatic heterocycles. The number of hydrogen-bond donors (Lipinski definition) is 0. The molecule has 10 aromatic rings. The predicted molar refractivity (Wildman–Crippen MR) is 199 cm³/mol. The van der Waals surface area contributed by atoms with E-state index in [9.17, 15) is 0 Å². The highest BCUT2D eigenvalue weighted by atomic mass is 32.1. The van der Waals surface area contributed by atoms with Crippen LogP contribution in [0.3, 0.4) is 0 Å². The summed E-state index contributed by atoms with van der Waals surface area (Å²) in [5.74, 6) is 0. The summed E-state index contributed by atoms with van der Waals surface area (Å²) in [7, 11) is 0. The molecule has 0 amide bonds. The third-order valence-corrected chi connectivity index (χ3v) is 11.5. The van der Waals surface area contributed by atoms with Gasteiger partial charge >= 0.3 is 0 Å². The monoisotopic (exact) mass is 607 g/mol. The molecule has 0 atom stereocenters. The first kappa shape index (κ1) is 25.1. The van der Waals surface area contributed by atoms with E-state index in [2.05, 4.69) is 157 Å². The van der Waals surface area contributed by atoms with Gasteiger partial charge in [-0.15, -0.1) is 22.7 Å². The summed E-state index contributed by atoms with van der Waals surface area (Å²) in [6.07, 6.45) is 0. The number of thiophene rings is 2. The van der Waals surface area contributed by atoms with Gasteiger partial charge in [0.1, 0.15) is 0 Å². The Morgan fingerprint density at radius 1 is 0.333 bits per heavy atom. The largest absolute Gasteiger partial charge is 0.310 e. The van der Waals surface area contributed by atoms with E-state index < -0.39 is 0 Å². The van der Waals surface area contributed by atoms with Gasteiger partial charge in [0, 0.05) is 57.1 Å². The van der Waals surface area contributed by atoms with Crippen molar-refractivity contribution in [2.75, 3.05) is 4.90 Å². The highest BCUT2D eigenvalue weighted by Gasteiger charge is 2.20. The van der Waals surface area contributed by atoms with E-state index in [4.69, 9.17) is 0 Å². The van der Waals surface area contributed by atoms with Crippen LogP contribution in [0.2, 0.25) is 0 Å². The molecule has 0 bridgehead atoms. The Hall–Kier alpha value is -5.22. The molecule has 8 aromatic carbocycles. The highest BCUT2D eigenvalue weighted by molar-refractivity contribution is 7.26. The summed E-state index contributed by atoms with van der Waals surface area (Å²) in [4.78, 5) is 2.48. The Labute approximate surface area is 267 Å². The fourth-order valence-electron chi connectivity index (χ4n) is 7.18. The molecule has 0 fully saturated rings. The fourth-order valence-corrected chi connectivity index (χ4v) is 9.40. The molecule has 45 heavy (non-hydrogen) atoms. The first-order valence-corrected chi connectivity index (χ1v) is 16.9. The molecule has 0 aliphatic carbocycles. The molecule has 0 spiro atoms. The van der Waals surface area contributed by atoms with Gasteiger partial charge in [0.25, 0.3) is 0 Å². The van der Waals surface area contributed by atoms with Gasteiger partial charge in [0.15, 0.2) is 0 Å². The van der Waals surface area contributed by atoms with Gasteiger partial charge in [-0.05, 0) is 75.5 Å². The van der Waals surface area contributed by atoms with E-state index in [1.807, 2.05) is 22.7 Å². The molecule has 2 heterocycles. The van der Waals surface area contributed by atoms with Crippen LogP contribution in [0.25, 0.3) is 72.7 Å². The predicted octanol–water partition coefficient (Wildman–Crippen LogP) is 13.4. The molecule has 0 radical (unpaired) electrons. The lowest BCUT2D eigenvalue weighted by Gasteiger charge is -2.28. The SMILES string of the molecule is c1ccc2c(c1)ccc1c2ccc2cccc(N(c3ccc4c(c3)sc3ccccc34)c3ccc4sc5ccccc5c4c3)c21. The van der Waals surface area contributed by atoms with Gasteiger partial charge < -0.3 is 4.90 Å². The number of benzene rings is 8. The maximum Gasteiger partial charge on any atom is 0.0546 e. The maximum atomic E-state index is 2.48. The van der Waals surface area contributed by atoms with Crippen molar-refractivity contribution in [2.45, 2.75) is 0 Å². The van der Waals surface area contributed by atoms with E-state index in [1.165, 1.54) is 84.0 Å². The Morgan fingerprint density at radius 3 is 1.78 bits per heavy atom. The van der Waals surface area contributed by atoms with E-state index in [0.717, 1.165) is 5.69 Å². The normalized spacial score (nSPS) is 12.0. The van der Waals surface area contributed by atoms with Crippen LogP contribution >= 0.6 is 22.7 Å². The zero-order chi connectivity index (χ0) is 29.5. The molecule has 0 saturated heterocycles. The van der Waals surface area contributed by atoms with Gasteiger partial charge in [-0.1, -0.05) is 103 Å². The number of anilines is 3. The first-order chi connectivity index (χ1) is 22.3. The molecule has 0 saturated carbocycles. The van der Waals surface area contributed by atoms with Crippen molar-refractivity contribution in [1.29, 1.82) is 0 Å². The van der Waals surface area contributed by atoms with Gasteiger partial charge in [-0.25, -0.2) is 0 Å². The third-order valence-electron chi connectivity index (χ3n) is 9.22. The van der Waals surface area contributed by atoms with Crippen molar-refractivity contribution < 1.29 is 0 Å². The molecule has 10 rings (SSSR count). The summed E-state index contributed by atoms with van der Waals surface area (Å²) in [5, 5.41) is 12.9. The zero-order valence-corrected chi connectivity index (χ0v) is 25.8. The Balaban J connectivity index is 1.30. The first-order valence-electron chi connectivity index (χ1n) is 15.3. The fraction of sp³-hybridized carbons (Fsp3) is 0. The van der Waals surface area contributed by atoms with Gasteiger partial charge in [0.2, 0.25) is 0 Å². The standard InChI is InChI=1S/C42H25NS2/c1-2-10-30-26(8-1)16-21-35-31(30)20-17-27-9-7-13-37(42(27)35)43(28-19-23-40-36(24-28)33-12-4-6-15-39(33)44-40)29-18-22-34-32-11-3-5-14-38(32)45-41(34)25-29/h1-25H. The van der Waals surface area contributed by atoms with E-state index >= 15 is 0 Å². The van der Waals surface area contributed by atoms with Crippen LogP contribution in [0.1, 0.15) is 0 Å². The van der Waals surface area contributed by atoms with E-state index in [0.29, 0.717) is 0 Å². The molecule has 0 aliphatic heterocycles. The molecule has 0 aliphatic rings. The second kappa shape index (κ2) is 9.64. The van der Waals surface area contributed by atoms with Gasteiger partial charge in [0.05, 0.1) is 5.69 Å². The number of rotatable bonds is 3. The average molecular weight is 608 g/mol. The minimum absolute atomic E-state index is 1.16. The molecule has 3 heteroatoms. The summed E-state index contributed by atoms with van der Waals surface area (Å²) in [5.41, 5.74) is 3.52. The van der Waals surface area contributed by atoms with Crippen molar-refractivity contribution in [3.8, 4) is 0 Å². The molecular weight excluding hydrogens is 583 g/mol. The van der Waals surface area contributed by atoms with Gasteiger partial charge in [-0.2, -0.15) is 0 Å². The lowest BCUT2D eigenvalue weighted by molar-refractivity contribution is 1.31. The van der Waals surface area contributed by atoms with Crippen LogP contribution < -0.4 is 4.90 Å². The molecular formula is C42H25NS2. The summed E-state index contributed by atoms with van der Waals surface area (Å²) < 4.78 is 5.27. The summed E-state index contributed by atoms with van der Waals surface area (Å²) in [6, 6.07) is 56.1. The van der Waals surface area contributed by atoms with Crippen LogP contribution in [0.15, 0.2) is 152 Å². The Bertz CT molecular complexity index is 2780. The van der Waals surface area contributed by atoms with Crippen molar-refractivity contribution in [3.05, 3.63) is 152 Å². The van der Waals surface area contributed by atoms with Crippen LogP contribution in [0, 0.1) is 0 Å². The van der Waals surface area contributed by atoms with Crippen molar-refractivity contribution in [1.82, 2.24) is 0 Å². The smallest absolute Gasteiger partial charge is 0.0546 e. The van der Waals surface area contributed by atoms with Crippen LogP contribution in [0.4, 0.5) is 17.1 Å². The number of fused-ring (bicyclic) bond motifs is 11. The molecule has 1 nitrogen and oxygen atoms in total. The minimum Gasteiger partial charge on any atom is -0.310 e. The Kier molecular flexibility index (Phi) is 5.39. The van der Waals surface area contributed by atoms with E-state index in [1.54, 1.807) is 0 Å². The lowest BCUT2D eigenvalue weighted by atomic mass is 9.95. The summed E-state index contributed by atoms with van der Waals surface area (Å²) in [6.45, 7) is 0. The van der Waals surface area contributed by atoms with Crippen molar-refractivity contribution >= 4 is 112 Å². The summed E-state index contributed by atoms with van der Waals surface area (Å²) >= 11 is 3.74. The highest BCUT2D eigenvalue weighted by Crippen LogP contribution is 2.46. The molecule has 0 unspecified atom stereocenters.